The van der Waals surface area contributed by atoms with Crippen LogP contribution >= 0.6 is 23.1 Å². The third-order valence-corrected chi connectivity index (χ3v) is 5.77. The predicted molar refractivity (Wildman–Crippen MR) is 113 cm³/mol. The summed E-state index contributed by atoms with van der Waals surface area (Å²) in [7, 11) is 1.60. The molecule has 0 spiro atoms. The average molecular weight is 408 g/mol. The first-order chi connectivity index (χ1) is 13.0. The second kappa shape index (κ2) is 10.9. The van der Waals surface area contributed by atoms with Gasteiger partial charge in [-0.2, -0.15) is 0 Å². The monoisotopic (exact) mass is 407 g/mol. The van der Waals surface area contributed by atoms with Crippen LogP contribution in [-0.4, -0.2) is 29.7 Å². The molecule has 1 aromatic carbocycles. The molecule has 0 aliphatic heterocycles. The molecule has 2 amide bonds. The highest BCUT2D eigenvalue weighted by Gasteiger charge is 2.15. The van der Waals surface area contributed by atoms with E-state index in [0.717, 1.165) is 30.0 Å². The van der Waals surface area contributed by atoms with E-state index in [1.807, 2.05) is 19.2 Å². The van der Waals surface area contributed by atoms with Crippen molar-refractivity contribution in [1.29, 1.82) is 0 Å². The molecular formula is C19H25N3O3S2. The normalized spacial score (nSPS) is 10.7. The maximum atomic E-state index is 12.1. The van der Waals surface area contributed by atoms with Gasteiger partial charge in [0.25, 0.3) is 0 Å². The van der Waals surface area contributed by atoms with Gasteiger partial charge in [-0.3, -0.25) is 9.59 Å². The number of benzene rings is 1. The van der Waals surface area contributed by atoms with Crippen LogP contribution in [0.5, 0.6) is 5.75 Å². The lowest BCUT2D eigenvalue weighted by Gasteiger charge is -2.10. The lowest BCUT2D eigenvalue weighted by Crippen LogP contribution is -2.21. The first-order valence-electron chi connectivity index (χ1n) is 8.82. The Labute approximate surface area is 168 Å². The van der Waals surface area contributed by atoms with Gasteiger partial charge in [-0.15, -0.1) is 23.1 Å². The van der Waals surface area contributed by atoms with Crippen LogP contribution in [0.4, 0.5) is 10.8 Å². The number of hydrogen-bond donors (Lipinski definition) is 2. The molecule has 1 heterocycles. The Bertz CT molecular complexity index is 743. The third kappa shape index (κ3) is 6.88. The summed E-state index contributed by atoms with van der Waals surface area (Å²) in [5.74, 6) is 1.67. The highest BCUT2D eigenvalue weighted by atomic mass is 32.2. The predicted octanol–water partition coefficient (Wildman–Crippen LogP) is 4.40. The van der Waals surface area contributed by atoms with Gasteiger partial charge in [-0.05, 0) is 37.1 Å². The van der Waals surface area contributed by atoms with E-state index < -0.39 is 0 Å². The Morgan fingerprint density at radius 3 is 2.52 bits per heavy atom. The fourth-order valence-electron chi connectivity index (χ4n) is 2.42. The molecular weight excluding hydrogens is 382 g/mol. The van der Waals surface area contributed by atoms with Crippen molar-refractivity contribution in [3.63, 3.8) is 0 Å². The summed E-state index contributed by atoms with van der Waals surface area (Å²) in [5.41, 5.74) is 1.60. The molecule has 0 aliphatic rings. The third-order valence-electron chi connectivity index (χ3n) is 4.00. The van der Waals surface area contributed by atoms with Crippen LogP contribution in [0.1, 0.15) is 32.4 Å². The van der Waals surface area contributed by atoms with Gasteiger partial charge >= 0.3 is 0 Å². The first-order valence-corrected chi connectivity index (χ1v) is 10.9. The van der Waals surface area contributed by atoms with Gasteiger partial charge in [-0.25, -0.2) is 4.98 Å². The number of rotatable bonds is 10. The van der Waals surface area contributed by atoms with Crippen LogP contribution in [0.25, 0.3) is 0 Å². The lowest BCUT2D eigenvalue weighted by atomic mass is 10.0. The molecule has 0 unspecified atom stereocenters. The average Bonchev–Trinajstić information content (AvgIpc) is 3.10. The topological polar surface area (TPSA) is 80.3 Å². The molecule has 0 aliphatic carbocycles. The lowest BCUT2D eigenvalue weighted by molar-refractivity contribution is -0.120. The number of thiazole rings is 1. The number of amides is 2. The van der Waals surface area contributed by atoms with Crippen molar-refractivity contribution in [1.82, 2.24) is 4.98 Å². The summed E-state index contributed by atoms with van der Waals surface area (Å²) in [6.45, 7) is 4.02. The van der Waals surface area contributed by atoms with Crippen LogP contribution in [0.3, 0.4) is 0 Å². The smallest absolute Gasteiger partial charge is 0.234 e. The molecule has 2 aromatic rings. The zero-order valence-electron chi connectivity index (χ0n) is 15.8. The number of methoxy groups -OCH3 is 1. The van der Waals surface area contributed by atoms with E-state index in [4.69, 9.17) is 4.74 Å². The number of nitrogens with one attached hydrogen (secondary N) is 2. The van der Waals surface area contributed by atoms with E-state index in [0.29, 0.717) is 16.6 Å². The van der Waals surface area contributed by atoms with E-state index in [2.05, 4.69) is 15.6 Å². The Balaban J connectivity index is 1.74. The quantitative estimate of drug-likeness (QED) is 0.610. The fourth-order valence-corrected chi connectivity index (χ4v) is 3.95. The summed E-state index contributed by atoms with van der Waals surface area (Å²) in [6.07, 6.45) is 1.64. The molecule has 27 heavy (non-hydrogen) atoms. The molecule has 1 aromatic heterocycles. The maximum absolute atomic E-state index is 12.1. The van der Waals surface area contributed by atoms with Gasteiger partial charge in [0.05, 0.1) is 18.6 Å². The molecule has 0 fully saturated rings. The molecule has 2 N–H and O–H groups in total. The highest BCUT2D eigenvalue weighted by molar-refractivity contribution is 7.99. The minimum Gasteiger partial charge on any atom is -0.497 e. The van der Waals surface area contributed by atoms with Gasteiger partial charge in [0.15, 0.2) is 5.13 Å². The Kier molecular flexibility index (Phi) is 8.60. The summed E-state index contributed by atoms with van der Waals surface area (Å²) in [4.78, 5) is 28.5. The van der Waals surface area contributed by atoms with E-state index in [1.54, 1.807) is 31.4 Å². The standard InChI is InChI=1S/C19H25N3O3S2/c1-4-13(5-2)18(24)22-19-21-15(11-27-19)10-26-12-17(23)20-14-6-8-16(25-3)9-7-14/h6-9,11,13H,4-5,10,12H2,1-3H3,(H,20,23)(H,21,22,24). The number of thioether (sulfide) groups is 1. The van der Waals surface area contributed by atoms with Crippen molar-refractivity contribution >= 4 is 45.7 Å². The molecule has 2 rings (SSSR count). The van der Waals surface area contributed by atoms with E-state index in [1.165, 1.54) is 23.1 Å². The van der Waals surface area contributed by atoms with Crippen molar-refractivity contribution in [2.75, 3.05) is 23.5 Å². The number of carbonyl (C=O) groups excluding carboxylic acids is 2. The van der Waals surface area contributed by atoms with Crippen molar-refractivity contribution in [2.45, 2.75) is 32.4 Å². The van der Waals surface area contributed by atoms with Crippen LogP contribution < -0.4 is 15.4 Å². The zero-order chi connectivity index (χ0) is 19.6. The zero-order valence-corrected chi connectivity index (χ0v) is 17.4. The molecule has 0 radical (unpaired) electrons. The Hall–Kier alpha value is -2.06. The number of nitrogens with zero attached hydrogens (tertiary/aromatic N) is 1. The summed E-state index contributed by atoms with van der Waals surface area (Å²) < 4.78 is 5.09. The van der Waals surface area contributed by atoms with Crippen molar-refractivity contribution in [2.24, 2.45) is 5.92 Å². The van der Waals surface area contributed by atoms with E-state index >= 15 is 0 Å². The number of ether oxygens (including phenoxy) is 1. The first kappa shape index (κ1) is 21.2. The van der Waals surface area contributed by atoms with Gasteiger partial charge in [-0.1, -0.05) is 13.8 Å². The highest BCUT2D eigenvalue weighted by Crippen LogP contribution is 2.21. The summed E-state index contributed by atoms with van der Waals surface area (Å²) in [6, 6.07) is 7.21. The van der Waals surface area contributed by atoms with Gasteiger partial charge < -0.3 is 15.4 Å². The van der Waals surface area contributed by atoms with Crippen LogP contribution in [0.15, 0.2) is 29.6 Å². The fraction of sp³-hybridized carbons (Fsp3) is 0.421. The molecule has 146 valence electrons. The maximum Gasteiger partial charge on any atom is 0.234 e. The molecule has 0 atom stereocenters. The van der Waals surface area contributed by atoms with Crippen molar-refractivity contribution in [3.05, 3.63) is 35.3 Å². The summed E-state index contributed by atoms with van der Waals surface area (Å²) >= 11 is 2.90. The van der Waals surface area contributed by atoms with Gasteiger partial charge in [0.2, 0.25) is 11.8 Å². The van der Waals surface area contributed by atoms with Gasteiger partial charge in [0.1, 0.15) is 5.75 Å². The van der Waals surface area contributed by atoms with E-state index in [-0.39, 0.29) is 17.7 Å². The van der Waals surface area contributed by atoms with Gasteiger partial charge in [0, 0.05) is 22.7 Å². The molecule has 0 bridgehead atoms. The van der Waals surface area contributed by atoms with Crippen LogP contribution in [0, 0.1) is 5.92 Å². The van der Waals surface area contributed by atoms with Crippen LogP contribution in [0.2, 0.25) is 0 Å². The molecule has 6 nitrogen and oxygen atoms in total. The largest absolute Gasteiger partial charge is 0.497 e. The number of hydrogen-bond acceptors (Lipinski definition) is 6. The summed E-state index contributed by atoms with van der Waals surface area (Å²) in [5, 5.41) is 8.25. The minimum absolute atomic E-state index is 0.0208. The molecule has 0 saturated carbocycles. The second-order valence-corrected chi connectivity index (χ2v) is 7.76. The molecule has 8 heteroatoms. The number of aromatic nitrogens is 1. The Morgan fingerprint density at radius 1 is 1.19 bits per heavy atom. The molecule has 0 saturated heterocycles. The van der Waals surface area contributed by atoms with Crippen LogP contribution in [-0.2, 0) is 15.3 Å². The minimum atomic E-state index is -0.0670. The Morgan fingerprint density at radius 2 is 1.89 bits per heavy atom. The van der Waals surface area contributed by atoms with Crippen molar-refractivity contribution in [3.8, 4) is 5.75 Å². The van der Waals surface area contributed by atoms with Crippen molar-refractivity contribution < 1.29 is 14.3 Å². The SMILES string of the molecule is CCC(CC)C(=O)Nc1nc(CSCC(=O)Nc2ccc(OC)cc2)cs1. The second-order valence-electron chi connectivity index (χ2n) is 5.92. The number of carbonyl (C=O) groups is 2. The van der Waals surface area contributed by atoms with E-state index in [9.17, 15) is 9.59 Å². The number of anilines is 2.